The summed E-state index contributed by atoms with van der Waals surface area (Å²) in [6, 6.07) is 8.68. The zero-order chi connectivity index (χ0) is 13.7. The number of rotatable bonds is 6. The third-order valence-corrected chi connectivity index (χ3v) is 4.35. The van der Waals surface area contributed by atoms with Gasteiger partial charge in [0.2, 0.25) is 0 Å². The number of hydrogen-bond donors (Lipinski definition) is 1. The van der Waals surface area contributed by atoms with E-state index in [0.29, 0.717) is 5.92 Å². The Morgan fingerprint density at radius 1 is 1.26 bits per heavy atom. The Balaban J connectivity index is 2.18. The zero-order valence-corrected chi connectivity index (χ0v) is 12.8. The second kappa shape index (κ2) is 6.83. The first-order valence-electron chi connectivity index (χ1n) is 6.88. The van der Waals surface area contributed by atoms with Crippen LogP contribution < -0.4 is 5.32 Å². The van der Waals surface area contributed by atoms with Gasteiger partial charge in [0.15, 0.2) is 0 Å². The summed E-state index contributed by atoms with van der Waals surface area (Å²) in [5.74, 6) is 0.506. The molecule has 0 aliphatic carbocycles. The van der Waals surface area contributed by atoms with E-state index in [1.54, 1.807) is 11.3 Å². The molecule has 1 unspecified atom stereocenters. The van der Waals surface area contributed by atoms with E-state index in [-0.39, 0.29) is 0 Å². The molecular weight excluding hydrogens is 252 g/mol. The van der Waals surface area contributed by atoms with Gasteiger partial charge < -0.3 is 5.32 Å². The fraction of sp³-hybridized carbons (Fsp3) is 0.438. The summed E-state index contributed by atoms with van der Waals surface area (Å²) < 4.78 is 0. The molecule has 1 heterocycles. The molecule has 1 aromatic heterocycles. The predicted octanol–water partition coefficient (Wildman–Crippen LogP) is 3.70. The molecule has 0 saturated carbocycles. The van der Waals surface area contributed by atoms with Gasteiger partial charge in [0.1, 0.15) is 0 Å². The minimum absolute atomic E-state index is 0.506. The average Bonchev–Trinajstić information content (AvgIpc) is 2.81. The molecule has 3 heteroatoms. The minimum atomic E-state index is 0.506. The highest BCUT2D eigenvalue weighted by Gasteiger charge is 2.15. The molecule has 0 amide bonds. The molecule has 0 radical (unpaired) electrons. The molecule has 1 atom stereocenters. The molecule has 0 fully saturated rings. The lowest BCUT2D eigenvalue weighted by molar-refractivity contribution is 0.591. The number of benzene rings is 1. The lowest BCUT2D eigenvalue weighted by Crippen LogP contribution is -2.23. The molecule has 19 heavy (non-hydrogen) atoms. The molecule has 2 rings (SSSR count). The Labute approximate surface area is 119 Å². The molecule has 0 bridgehead atoms. The van der Waals surface area contributed by atoms with Crippen LogP contribution in [0.25, 0.3) is 0 Å². The first kappa shape index (κ1) is 14.2. The lowest BCUT2D eigenvalue weighted by atomic mass is 9.92. The Morgan fingerprint density at radius 2 is 2.05 bits per heavy atom. The van der Waals surface area contributed by atoms with Crippen molar-refractivity contribution in [3.05, 3.63) is 51.5 Å². The highest BCUT2D eigenvalue weighted by Crippen LogP contribution is 2.25. The Kier molecular flexibility index (Phi) is 5.11. The van der Waals surface area contributed by atoms with Crippen LogP contribution in [0.2, 0.25) is 0 Å². The number of aryl methyl sites for hydroxylation is 2. The van der Waals surface area contributed by atoms with E-state index in [9.17, 15) is 0 Å². The summed E-state index contributed by atoms with van der Waals surface area (Å²) in [6.07, 6.45) is 1.02. The van der Waals surface area contributed by atoms with E-state index < -0.39 is 0 Å². The van der Waals surface area contributed by atoms with Crippen molar-refractivity contribution in [2.75, 3.05) is 13.1 Å². The summed E-state index contributed by atoms with van der Waals surface area (Å²) in [5.41, 5.74) is 3.95. The van der Waals surface area contributed by atoms with Crippen molar-refractivity contribution in [3.63, 3.8) is 0 Å². The van der Waals surface area contributed by atoms with Crippen molar-refractivity contribution in [2.24, 2.45) is 0 Å². The van der Waals surface area contributed by atoms with Crippen molar-refractivity contribution in [1.82, 2.24) is 10.3 Å². The van der Waals surface area contributed by atoms with Crippen LogP contribution in [0.15, 0.2) is 29.6 Å². The Bertz CT molecular complexity index is 519. The maximum Gasteiger partial charge on any atom is 0.0934 e. The van der Waals surface area contributed by atoms with Gasteiger partial charge in [0.05, 0.1) is 5.01 Å². The van der Waals surface area contributed by atoms with Gasteiger partial charge in [-0.1, -0.05) is 31.2 Å². The summed E-state index contributed by atoms with van der Waals surface area (Å²) in [5, 5.41) is 6.85. The predicted molar refractivity (Wildman–Crippen MR) is 83.0 cm³/mol. The van der Waals surface area contributed by atoms with Crippen LogP contribution in [0.4, 0.5) is 0 Å². The monoisotopic (exact) mass is 274 g/mol. The highest BCUT2D eigenvalue weighted by atomic mass is 32.1. The number of hydrogen-bond acceptors (Lipinski definition) is 3. The van der Waals surface area contributed by atoms with Crippen molar-refractivity contribution >= 4 is 11.3 Å². The van der Waals surface area contributed by atoms with Crippen LogP contribution in [0.1, 0.15) is 34.7 Å². The van der Waals surface area contributed by atoms with Crippen molar-refractivity contribution in [3.8, 4) is 0 Å². The smallest absolute Gasteiger partial charge is 0.0934 e. The van der Waals surface area contributed by atoms with Gasteiger partial charge in [-0.3, -0.25) is 0 Å². The minimum Gasteiger partial charge on any atom is -0.316 e. The van der Waals surface area contributed by atoms with Crippen LogP contribution >= 0.6 is 11.3 Å². The molecule has 102 valence electrons. The van der Waals surface area contributed by atoms with Crippen molar-refractivity contribution < 1.29 is 0 Å². The summed E-state index contributed by atoms with van der Waals surface area (Å²) in [4.78, 5) is 4.60. The molecule has 0 spiro atoms. The third-order valence-electron chi connectivity index (χ3n) is 3.36. The van der Waals surface area contributed by atoms with Gasteiger partial charge in [-0.15, -0.1) is 11.3 Å². The summed E-state index contributed by atoms with van der Waals surface area (Å²) in [7, 11) is 0. The molecule has 0 aliphatic rings. The van der Waals surface area contributed by atoms with Gasteiger partial charge in [0, 0.05) is 30.0 Å². The lowest BCUT2D eigenvalue weighted by Gasteiger charge is -2.18. The molecule has 2 aromatic rings. The van der Waals surface area contributed by atoms with E-state index in [0.717, 1.165) is 25.2 Å². The van der Waals surface area contributed by atoms with Gasteiger partial charge >= 0.3 is 0 Å². The van der Waals surface area contributed by atoms with Crippen LogP contribution in [0.5, 0.6) is 0 Å². The summed E-state index contributed by atoms with van der Waals surface area (Å²) in [6.45, 7) is 8.44. The number of likely N-dealkylation sites (N-methyl/N-ethyl adjacent to an activating group) is 1. The number of nitrogens with zero attached hydrogens (tertiary/aromatic N) is 1. The molecule has 0 saturated heterocycles. The Morgan fingerprint density at radius 3 is 2.68 bits per heavy atom. The van der Waals surface area contributed by atoms with Gasteiger partial charge in [-0.05, 0) is 31.5 Å². The SMILES string of the molecule is CCNCC(Cc1nc(C)cs1)c1ccccc1C. The van der Waals surface area contributed by atoms with Gasteiger partial charge in [0.25, 0.3) is 0 Å². The summed E-state index contributed by atoms with van der Waals surface area (Å²) >= 11 is 1.77. The van der Waals surface area contributed by atoms with Crippen molar-refractivity contribution in [2.45, 2.75) is 33.1 Å². The van der Waals surface area contributed by atoms with Crippen LogP contribution in [-0.2, 0) is 6.42 Å². The third kappa shape index (κ3) is 3.88. The number of nitrogens with one attached hydrogen (secondary N) is 1. The average molecular weight is 274 g/mol. The fourth-order valence-corrected chi connectivity index (χ4v) is 3.22. The maximum atomic E-state index is 4.60. The molecular formula is C16H22N2S. The van der Waals surface area contributed by atoms with E-state index in [2.05, 4.69) is 60.7 Å². The fourth-order valence-electron chi connectivity index (χ4n) is 2.36. The van der Waals surface area contributed by atoms with E-state index >= 15 is 0 Å². The highest BCUT2D eigenvalue weighted by molar-refractivity contribution is 7.09. The second-order valence-corrected chi connectivity index (χ2v) is 5.89. The topological polar surface area (TPSA) is 24.9 Å². The Hall–Kier alpha value is -1.19. The van der Waals surface area contributed by atoms with E-state index in [1.165, 1.54) is 16.1 Å². The van der Waals surface area contributed by atoms with Gasteiger partial charge in [-0.25, -0.2) is 4.98 Å². The van der Waals surface area contributed by atoms with Crippen LogP contribution in [-0.4, -0.2) is 18.1 Å². The quantitative estimate of drug-likeness (QED) is 0.869. The van der Waals surface area contributed by atoms with Crippen molar-refractivity contribution in [1.29, 1.82) is 0 Å². The maximum absolute atomic E-state index is 4.60. The molecule has 1 aromatic carbocycles. The first-order valence-corrected chi connectivity index (χ1v) is 7.76. The zero-order valence-electron chi connectivity index (χ0n) is 11.9. The number of aromatic nitrogens is 1. The largest absolute Gasteiger partial charge is 0.316 e. The van der Waals surface area contributed by atoms with E-state index in [4.69, 9.17) is 0 Å². The van der Waals surface area contributed by atoms with E-state index in [1.807, 2.05) is 0 Å². The van der Waals surface area contributed by atoms with Gasteiger partial charge in [-0.2, -0.15) is 0 Å². The number of thiazole rings is 1. The van der Waals surface area contributed by atoms with Crippen LogP contribution in [0, 0.1) is 13.8 Å². The molecule has 1 N–H and O–H groups in total. The molecule has 0 aliphatic heterocycles. The standard InChI is InChI=1S/C16H22N2S/c1-4-17-10-14(9-16-18-13(3)11-19-16)15-8-6-5-7-12(15)2/h5-8,11,14,17H,4,9-10H2,1-3H3. The second-order valence-electron chi connectivity index (χ2n) is 4.95. The first-order chi connectivity index (χ1) is 9.20. The van der Waals surface area contributed by atoms with Crippen LogP contribution in [0.3, 0.4) is 0 Å². The molecule has 2 nitrogen and oxygen atoms in total. The normalized spacial score (nSPS) is 12.6.